The third-order valence-electron chi connectivity index (χ3n) is 3.58. The SMILES string of the molecule is Br.C1CC[PH]2(CC1)CCCC2. The monoisotopic (exact) mass is 238 g/mol. The van der Waals surface area contributed by atoms with Crippen molar-refractivity contribution in [2.24, 2.45) is 0 Å². The summed E-state index contributed by atoms with van der Waals surface area (Å²) >= 11 is 0. The molecular weight excluding hydrogens is 219 g/mol. The molecule has 0 aromatic heterocycles. The van der Waals surface area contributed by atoms with Crippen molar-refractivity contribution >= 4 is 24.2 Å². The van der Waals surface area contributed by atoms with Crippen LogP contribution in [-0.2, 0) is 0 Å². The number of hydrogen-bond donors (Lipinski definition) is 0. The third-order valence-corrected chi connectivity index (χ3v) is 9.24. The fourth-order valence-corrected chi connectivity index (χ4v) is 8.43. The molecule has 0 N–H and O–H groups in total. The van der Waals surface area contributed by atoms with Gasteiger partial charge in [-0.25, -0.2) is 0 Å². The van der Waals surface area contributed by atoms with E-state index in [0.29, 0.717) is 0 Å². The van der Waals surface area contributed by atoms with Gasteiger partial charge < -0.3 is 0 Å². The Labute approximate surface area is 81.2 Å². The summed E-state index contributed by atoms with van der Waals surface area (Å²) in [5.74, 6) is 0. The van der Waals surface area contributed by atoms with E-state index in [9.17, 15) is 0 Å². The Morgan fingerprint density at radius 1 is 0.545 bits per heavy atom. The van der Waals surface area contributed by atoms with Crippen LogP contribution in [0, 0.1) is 0 Å². The van der Waals surface area contributed by atoms with E-state index in [0.717, 1.165) is 0 Å². The maximum atomic E-state index is 1.70. The van der Waals surface area contributed by atoms with Crippen LogP contribution in [0.4, 0.5) is 0 Å². The van der Waals surface area contributed by atoms with Gasteiger partial charge in [0.05, 0.1) is 0 Å². The van der Waals surface area contributed by atoms with Crippen LogP contribution >= 0.6 is 24.2 Å². The van der Waals surface area contributed by atoms with Gasteiger partial charge in [-0.1, -0.05) is 0 Å². The van der Waals surface area contributed by atoms with Crippen LogP contribution in [0.1, 0.15) is 32.1 Å². The third kappa shape index (κ3) is 2.18. The van der Waals surface area contributed by atoms with Crippen molar-refractivity contribution in [1.29, 1.82) is 0 Å². The van der Waals surface area contributed by atoms with Crippen molar-refractivity contribution in [3.63, 3.8) is 0 Å². The predicted octanol–water partition coefficient (Wildman–Crippen LogP) is 3.29. The standard InChI is InChI=1S/C9H19P.BrH/c1-2-6-10(7-3-1)8-4-5-9-10;/h10H,1-9H2;1H. The summed E-state index contributed by atoms with van der Waals surface area (Å²) in [7, 11) is -0.519. The van der Waals surface area contributed by atoms with Crippen LogP contribution in [-0.4, -0.2) is 24.6 Å². The van der Waals surface area contributed by atoms with E-state index < -0.39 is 7.26 Å². The Hall–Kier alpha value is 0.910. The van der Waals surface area contributed by atoms with E-state index in [4.69, 9.17) is 0 Å². The first-order valence-electron chi connectivity index (χ1n) is 4.91. The Kier molecular flexibility index (Phi) is 3.85. The molecule has 2 heterocycles. The van der Waals surface area contributed by atoms with Gasteiger partial charge in [0, 0.05) is 0 Å². The zero-order chi connectivity index (χ0) is 6.86. The molecule has 0 amide bonds. The molecule has 0 aromatic carbocycles. The second-order valence-corrected chi connectivity index (χ2v) is 9.27. The average Bonchev–Trinajstić information content (AvgIpc) is 2.39. The molecule has 0 radical (unpaired) electrons. The molecule has 2 fully saturated rings. The summed E-state index contributed by atoms with van der Waals surface area (Å²) in [6.07, 6.45) is 14.7. The topological polar surface area (TPSA) is 0 Å². The maximum absolute atomic E-state index is 1.70. The Bertz CT molecular complexity index is 111. The molecule has 2 aliphatic heterocycles. The summed E-state index contributed by atoms with van der Waals surface area (Å²) in [6, 6.07) is 0. The van der Waals surface area contributed by atoms with Crippen molar-refractivity contribution in [2.75, 3.05) is 24.6 Å². The molecule has 1 spiro atoms. The zero-order valence-electron chi connectivity index (χ0n) is 7.27. The number of halogens is 1. The van der Waals surface area contributed by atoms with Gasteiger partial charge >= 0.3 is 64.0 Å². The van der Waals surface area contributed by atoms with Crippen LogP contribution in [0.3, 0.4) is 0 Å². The van der Waals surface area contributed by atoms with Gasteiger partial charge in [-0.3, -0.25) is 0 Å². The van der Waals surface area contributed by atoms with E-state index in [2.05, 4.69) is 0 Å². The summed E-state index contributed by atoms with van der Waals surface area (Å²) < 4.78 is 0. The molecule has 2 rings (SSSR count). The zero-order valence-corrected chi connectivity index (χ0v) is 9.99. The predicted molar refractivity (Wildman–Crippen MR) is 61.2 cm³/mol. The Morgan fingerprint density at radius 3 is 1.36 bits per heavy atom. The van der Waals surface area contributed by atoms with E-state index in [1.807, 2.05) is 0 Å². The quantitative estimate of drug-likeness (QED) is 0.569. The van der Waals surface area contributed by atoms with Gasteiger partial charge in [-0.2, -0.15) is 0 Å². The van der Waals surface area contributed by atoms with Crippen molar-refractivity contribution in [3.8, 4) is 0 Å². The molecule has 2 heteroatoms. The summed E-state index contributed by atoms with van der Waals surface area (Å²) in [6.45, 7) is 0. The molecule has 2 aliphatic rings. The molecule has 0 aliphatic carbocycles. The second-order valence-electron chi connectivity index (χ2n) is 4.27. The molecule has 0 bridgehead atoms. The van der Waals surface area contributed by atoms with Crippen LogP contribution < -0.4 is 0 Å². The molecule has 2 saturated heterocycles. The van der Waals surface area contributed by atoms with Crippen LogP contribution in [0.15, 0.2) is 0 Å². The van der Waals surface area contributed by atoms with E-state index in [1.165, 1.54) is 0 Å². The number of rotatable bonds is 0. The van der Waals surface area contributed by atoms with Gasteiger partial charge in [0.25, 0.3) is 0 Å². The molecule has 0 nitrogen and oxygen atoms in total. The van der Waals surface area contributed by atoms with Crippen molar-refractivity contribution in [1.82, 2.24) is 0 Å². The van der Waals surface area contributed by atoms with E-state index >= 15 is 0 Å². The van der Waals surface area contributed by atoms with Gasteiger partial charge in [0.2, 0.25) is 0 Å². The first-order chi connectivity index (χ1) is 4.91. The molecule has 68 valence electrons. The molecule has 0 saturated carbocycles. The molecular formula is C9H20BrP. The van der Waals surface area contributed by atoms with Crippen LogP contribution in [0.2, 0.25) is 0 Å². The first-order valence-corrected chi connectivity index (χ1v) is 7.74. The minimum atomic E-state index is -0.519. The fourth-order valence-electron chi connectivity index (χ4n) is 2.93. The molecule has 0 atom stereocenters. The summed E-state index contributed by atoms with van der Waals surface area (Å²) in [5.41, 5.74) is 0. The molecule has 0 aromatic rings. The minimum absolute atomic E-state index is 0. The van der Waals surface area contributed by atoms with Crippen LogP contribution in [0.5, 0.6) is 0 Å². The Balaban J connectivity index is 0.000000605. The summed E-state index contributed by atoms with van der Waals surface area (Å²) in [5, 5.41) is 0. The van der Waals surface area contributed by atoms with Crippen molar-refractivity contribution in [3.05, 3.63) is 0 Å². The normalized spacial score (nSPS) is 31.3. The van der Waals surface area contributed by atoms with Gasteiger partial charge in [0.1, 0.15) is 0 Å². The Morgan fingerprint density at radius 2 is 0.909 bits per heavy atom. The molecule has 0 unspecified atom stereocenters. The van der Waals surface area contributed by atoms with E-state index in [-0.39, 0.29) is 17.0 Å². The second kappa shape index (κ2) is 4.23. The van der Waals surface area contributed by atoms with E-state index in [1.54, 1.807) is 56.8 Å². The molecule has 11 heavy (non-hydrogen) atoms. The average molecular weight is 239 g/mol. The van der Waals surface area contributed by atoms with Gasteiger partial charge in [-0.05, 0) is 0 Å². The van der Waals surface area contributed by atoms with Gasteiger partial charge in [-0.15, -0.1) is 17.0 Å². The van der Waals surface area contributed by atoms with Crippen LogP contribution in [0.25, 0.3) is 0 Å². The van der Waals surface area contributed by atoms with Gasteiger partial charge in [0.15, 0.2) is 0 Å². The fraction of sp³-hybridized carbons (Fsp3) is 1.00. The summed E-state index contributed by atoms with van der Waals surface area (Å²) in [4.78, 5) is 0. The van der Waals surface area contributed by atoms with Crippen molar-refractivity contribution < 1.29 is 0 Å². The van der Waals surface area contributed by atoms with Crippen molar-refractivity contribution in [2.45, 2.75) is 32.1 Å². The first kappa shape index (κ1) is 9.99. The number of hydrogen-bond acceptors (Lipinski definition) is 0.